The van der Waals surface area contributed by atoms with Crippen LogP contribution in [0.15, 0.2) is 10.9 Å². The van der Waals surface area contributed by atoms with Gasteiger partial charge in [0.05, 0.1) is 0 Å². The summed E-state index contributed by atoms with van der Waals surface area (Å²) in [5, 5.41) is 11.5. The van der Waals surface area contributed by atoms with Crippen molar-refractivity contribution in [1.29, 1.82) is 0 Å². The molecular formula is C13H20N2O3. The summed E-state index contributed by atoms with van der Waals surface area (Å²) in [6, 6.07) is 1.77. The van der Waals surface area contributed by atoms with E-state index in [1.54, 1.807) is 19.9 Å². The first kappa shape index (κ1) is 14.4. The van der Waals surface area contributed by atoms with Crippen molar-refractivity contribution in [3.05, 3.63) is 33.2 Å². The predicted molar refractivity (Wildman–Crippen MR) is 69.7 cm³/mol. The van der Waals surface area contributed by atoms with E-state index in [0.29, 0.717) is 18.5 Å². The number of aliphatic hydroxyl groups is 1. The average molecular weight is 252 g/mol. The first-order valence-corrected chi connectivity index (χ1v) is 6.05. The van der Waals surface area contributed by atoms with E-state index in [2.05, 4.69) is 10.3 Å². The third-order valence-corrected chi connectivity index (χ3v) is 2.83. The lowest BCUT2D eigenvalue weighted by atomic mass is 10.1. The Hall–Kier alpha value is -1.62. The van der Waals surface area contributed by atoms with Crippen molar-refractivity contribution in [3.8, 4) is 0 Å². The fourth-order valence-corrected chi connectivity index (χ4v) is 1.81. The second-order valence-corrected chi connectivity index (χ2v) is 4.67. The van der Waals surface area contributed by atoms with Crippen LogP contribution in [0.2, 0.25) is 0 Å². The van der Waals surface area contributed by atoms with Crippen molar-refractivity contribution in [2.24, 2.45) is 5.92 Å². The lowest BCUT2D eigenvalue weighted by Crippen LogP contribution is -2.33. The van der Waals surface area contributed by atoms with Gasteiger partial charge in [0.2, 0.25) is 0 Å². The summed E-state index contributed by atoms with van der Waals surface area (Å²) < 4.78 is 0. The number of hydrogen-bond donors (Lipinski definition) is 3. The van der Waals surface area contributed by atoms with Crippen LogP contribution in [-0.4, -0.2) is 29.1 Å². The normalized spacial score (nSPS) is 12.2. The Labute approximate surface area is 106 Å². The van der Waals surface area contributed by atoms with Crippen LogP contribution in [0.1, 0.15) is 35.0 Å². The summed E-state index contributed by atoms with van der Waals surface area (Å²) in [6.07, 6.45) is 0.628. The van der Waals surface area contributed by atoms with Crippen LogP contribution in [0.25, 0.3) is 0 Å². The highest BCUT2D eigenvalue weighted by molar-refractivity contribution is 5.95. The van der Waals surface area contributed by atoms with Crippen LogP contribution in [0, 0.1) is 19.8 Å². The van der Waals surface area contributed by atoms with Gasteiger partial charge in [0.25, 0.3) is 11.5 Å². The number of aromatic nitrogens is 1. The number of nitrogens with one attached hydrogen (secondary N) is 2. The molecule has 1 amide bonds. The zero-order chi connectivity index (χ0) is 13.7. The molecule has 0 saturated heterocycles. The van der Waals surface area contributed by atoms with Crippen LogP contribution in [0.3, 0.4) is 0 Å². The molecular weight excluding hydrogens is 232 g/mol. The fraction of sp³-hybridized carbons (Fsp3) is 0.538. The van der Waals surface area contributed by atoms with Crippen molar-refractivity contribution >= 4 is 5.91 Å². The van der Waals surface area contributed by atoms with Crippen LogP contribution < -0.4 is 10.9 Å². The highest BCUT2D eigenvalue weighted by Gasteiger charge is 2.14. The zero-order valence-corrected chi connectivity index (χ0v) is 11.0. The number of carbonyl (C=O) groups excluding carboxylic acids is 1. The second-order valence-electron chi connectivity index (χ2n) is 4.67. The van der Waals surface area contributed by atoms with Crippen LogP contribution >= 0.6 is 0 Å². The number of hydrogen-bond acceptors (Lipinski definition) is 3. The minimum absolute atomic E-state index is 0.0984. The molecule has 100 valence electrons. The summed E-state index contributed by atoms with van der Waals surface area (Å²) >= 11 is 0. The largest absolute Gasteiger partial charge is 0.396 e. The molecule has 0 spiro atoms. The summed E-state index contributed by atoms with van der Waals surface area (Å²) in [5.74, 6) is -0.178. The number of H-pyrrole nitrogens is 1. The molecule has 0 aromatic carbocycles. The Bertz CT molecular complexity index is 480. The van der Waals surface area contributed by atoms with Crippen LogP contribution in [-0.2, 0) is 0 Å². The van der Waals surface area contributed by atoms with Gasteiger partial charge in [-0.3, -0.25) is 9.59 Å². The molecule has 0 aliphatic heterocycles. The smallest absolute Gasteiger partial charge is 0.261 e. The lowest BCUT2D eigenvalue weighted by Gasteiger charge is -2.12. The number of aliphatic hydroxyl groups excluding tert-OH is 1. The van der Waals surface area contributed by atoms with E-state index >= 15 is 0 Å². The van der Waals surface area contributed by atoms with Crippen LogP contribution in [0.5, 0.6) is 0 Å². The first-order chi connectivity index (χ1) is 8.45. The highest BCUT2D eigenvalue weighted by atomic mass is 16.3. The average Bonchev–Trinajstić information content (AvgIpc) is 2.25. The lowest BCUT2D eigenvalue weighted by molar-refractivity contribution is 0.0943. The summed E-state index contributed by atoms with van der Waals surface area (Å²) in [4.78, 5) is 26.2. The molecule has 1 aromatic heterocycles. The molecule has 0 saturated carbocycles. The van der Waals surface area contributed by atoms with Gasteiger partial charge in [-0.05, 0) is 37.8 Å². The molecule has 3 N–H and O–H groups in total. The maximum Gasteiger partial charge on any atom is 0.261 e. The Morgan fingerprint density at radius 3 is 2.72 bits per heavy atom. The van der Waals surface area contributed by atoms with Gasteiger partial charge >= 0.3 is 0 Å². The Kier molecular flexibility index (Phi) is 5.09. The molecule has 1 heterocycles. The van der Waals surface area contributed by atoms with Gasteiger partial charge < -0.3 is 15.4 Å². The van der Waals surface area contributed by atoms with E-state index in [9.17, 15) is 9.59 Å². The quantitative estimate of drug-likeness (QED) is 0.723. The standard InChI is InChI=1S/C13H20N2O3/c1-8(4-5-16)7-14-12(17)11-9(2)6-10(3)15-13(11)18/h6,8,16H,4-5,7H2,1-3H3,(H,14,17)(H,15,18). The molecule has 0 aliphatic rings. The van der Waals surface area contributed by atoms with Gasteiger partial charge in [-0.1, -0.05) is 6.92 Å². The highest BCUT2D eigenvalue weighted by Crippen LogP contribution is 2.04. The number of carbonyl (C=O) groups is 1. The molecule has 0 aliphatic carbocycles. The summed E-state index contributed by atoms with van der Waals surface area (Å²) in [5.41, 5.74) is 1.21. The molecule has 1 atom stereocenters. The minimum Gasteiger partial charge on any atom is -0.396 e. The maximum absolute atomic E-state index is 11.9. The first-order valence-electron chi connectivity index (χ1n) is 6.05. The SMILES string of the molecule is Cc1cc(C)c(C(=O)NCC(C)CCO)c(=O)[nH]1. The second kappa shape index (κ2) is 6.35. The summed E-state index contributed by atoms with van der Waals surface area (Å²) in [7, 11) is 0. The number of aryl methyl sites for hydroxylation is 2. The number of aromatic amines is 1. The summed E-state index contributed by atoms with van der Waals surface area (Å²) in [6.45, 7) is 6.00. The van der Waals surface area contributed by atoms with Crippen molar-refractivity contribution in [1.82, 2.24) is 10.3 Å². The van der Waals surface area contributed by atoms with Gasteiger partial charge in [0.15, 0.2) is 0 Å². The number of amides is 1. The Balaban J connectivity index is 2.76. The van der Waals surface area contributed by atoms with Crippen LogP contribution in [0.4, 0.5) is 0 Å². The van der Waals surface area contributed by atoms with E-state index in [4.69, 9.17) is 5.11 Å². The fourth-order valence-electron chi connectivity index (χ4n) is 1.81. The van der Waals surface area contributed by atoms with E-state index in [-0.39, 0.29) is 29.6 Å². The molecule has 5 heteroatoms. The molecule has 5 nitrogen and oxygen atoms in total. The molecule has 1 unspecified atom stereocenters. The van der Waals surface area contributed by atoms with E-state index < -0.39 is 0 Å². The van der Waals surface area contributed by atoms with E-state index in [1.165, 1.54) is 0 Å². The number of rotatable bonds is 5. The Morgan fingerprint density at radius 2 is 2.17 bits per heavy atom. The Morgan fingerprint density at radius 1 is 1.50 bits per heavy atom. The molecule has 1 rings (SSSR count). The van der Waals surface area contributed by atoms with Gasteiger partial charge in [-0.25, -0.2) is 0 Å². The van der Waals surface area contributed by atoms with E-state index in [0.717, 1.165) is 5.69 Å². The van der Waals surface area contributed by atoms with Crippen molar-refractivity contribution < 1.29 is 9.90 Å². The molecule has 1 aromatic rings. The van der Waals surface area contributed by atoms with Crippen molar-refractivity contribution in [2.45, 2.75) is 27.2 Å². The maximum atomic E-state index is 11.9. The molecule has 0 bridgehead atoms. The zero-order valence-electron chi connectivity index (χ0n) is 11.0. The van der Waals surface area contributed by atoms with Gasteiger partial charge in [0.1, 0.15) is 5.56 Å². The third-order valence-electron chi connectivity index (χ3n) is 2.83. The molecule has 0 fully saturated rings. The molecule has 18 heavy (non-hydrogen) atoms. The minimum atomic E-state index is -0.362. The predicted octanol–water partition coefficient (Wildman–Crippen LogP) is 0.740. The van der Waals surface area contributed by atoms with Gasteiger partial charge in [-0.15, -0.1) is 0 Å². The molecule has 0 radical (unpaired) electrons. The van der Waals surface area contributed by atoms with Crippen molar-refractivity contribution in [2.75, 3.05) is 13.2 Å². The topological polar surface area (TPSA) is 82.2 Å². The van der Waals surface area contributed by atoms with Crippen molar-refractivity contribution in [3.63, 3.8) is 0 Å². The third kappa shape index (κ3) is 3.70. The monoisotopic (exact) mass is 252 g/mol. The van der Waals surface area contributed by atoms with Gasteiger partial charge in [0, 0.05) is 18.8 Å². The van der Waals surface area contributed by atoms with Gasteiger partial charge in [-0.2, -0.15) is 0 Å². The van der Waals surface area contributed by atoms with E-state index in [1.807, 2.05) is 6.92 Å². The number of pyridine rings is 1.